The number of amides is 2. The van der Waals surface area contributed by atoms with E-state index in [0.29, 0.717) is 24.8 Å². The number of halogens is 3. The maximum Gasteiger partial charge on any atom is 0.389 e. The first kappa shape index (κ1) is 36.1. The molecular weight excluding hydrogens is 575 g/mol. The molecule has 250 valence electrons. The molecule has 1 saturated carbocycles. The van der Waals surface area contributed by atoms with Gasteiger partial charge in [0.15, 0.2) is 0 Å². The van der Waals surface area contributed by atoms with Crippen LogP contribution < -0.4 is 10.1 Å². The first-order valence-corrected chi connectivity index (χ1v) is 16.3. The largest absolute Gasteiger partial charge is 0.490 e. The molecule has 0 spiro atoms. The molecule has 0 radical (unpaired) electrons. The number of likely N-dealkylation sites (N-methyl/N-ethyl adjacent to an activating group) is 1. The van der Waals surface area contributed by atoms with Crippen LogP contribution in [0.5, 0.6) is 5.75 Å². The zero-order valence-electron chi connectivity index (χ0n) is 26.8. The number of benzene rings is 1. The Labute approximate surface area is 260 Å². The highest BCUT2D eigenvalue weighted by molar-refractivity contribution is 5.99. The minimum atomic E-state index is -4.45. The van der Waals surface area contributed by atoms with Crippen LogP contribution in [-0.2, 0) is 9.53 Å². The van der Waals surface area contributed by atoms with E-state index in [-0.39, 0.29) is 36.0 Å². The molecule has 11 heteroatoms. The second-order valence-electron chi connectivity index (χ2n) is 12.9. The number of carbonyl (C=O) groups is 2. The number of anilines is 1. The molecule has 2 N–H and O–H groups in total. The summed E-state index contributed by atoms with van der Waals surface area (Å²) >= 11 is 0. The Morgan fingerprint density at radius 1 is 1.11 bits per heavy atom. The van der Waals surface area contributed by atoms with Crippen molar-refractivity contribution in [1.82, 2.24) is 9.80 Å². The van der Waals surface area contributed by atoms with Crippen LogP contribution in [0.25, 0.3) is 0 Å². The van der Waals surface area contributed by atoms with Crippen LogP contribution in [0.4, 0.5) is 18.9 Å². The Morgan fingerprint density at radius 2 is 1.82 bits per heavy atom. The van der Waals surface area contributed by atoms with Gasteiger partial charge in [-0.2, -0.15) is 13.2 Å². The van der Waals surface area contributed by atoms with Gasteiger partial charge >= 0.3 is 6.18 Å². The first-order chi connectivity index (χ1) is 20.9. The predicted molar refractivity (Wildman–Crippen MR) is 165 cm³/mol. The van der Waals surface area contributed by atoms with Gasteiger partial charge in [0, 0.05) is 44.3 Å². The second-order valence-corrected chi connectivity index (χ2v) is 12.9. The van der Waals surface area contributed by atoms with Crippen molar-refractivity contribution in [2.45, 2.75) is 109 Å². The van der Waals surface area contributed by atoms with Gasteiger partial charge in [-0.3, -0.25) is 9.59 Å². The van der Waals surface area contributed by atoms with E-state index in [4.69, 9.17) is 9.47 Å². The highest BCUT2D eigenvalue weighted by Crippen LogP contribution is 2.30. The van der Waals surface area contributed by atoms with Gasteiger partial charge < -0.3 is 29.7 Å². The Morgan fingerprint density at radius 3 is 2.50 bits per heavy atom. The molecule has 44 heavy (non-hydrogen) atoms. The molecule has 0 bridgehead atoms. The van der Waals surface area contributed by atoms with Gasteiger partial charge in [-0.15, -0.1) is 0 Å². The first-order valence-electron chi connectivity index (χ1n) is 16.3. The lowest BCUT2D eigenvalue weighted by Crippen LogP contribution is -2.47. The molecule has 4 atom stereocenters. The minimum Gasteiger partial charge on any atom is -0.490 e. The second kappa shape index (κ2) is 17.4. The van der Waals surface area contributed by atoms with E-state index >= 15 is 0 Å². The van der Waals surface area contributed by atoms with Crippen molar-refractivity contribution in [2.24, 2.45) is 11.8 Å². The molecule has 3 rings (SSSR count). The van der Waals surface area contributed by atoms with Crippen molar-refractivity contribution in [3.8, 4) is 5.75 Å². The fraction of sp³-hybridized carbons (Fsp3) is 0.758. The molecule has 0 saturated heterocycles. The fourth-order valence-electron chi connectivity index (χ4n) is 6.13. The Hall–Kier alpha value is -2.37. The number of ether oxygens (including phenoxy) is 2. The molecule has 1 aliphatic heterocycles. The molecule has 0 aromatic heterocycles. The topological polar surface area (TPSA) is 91.3 Å². The minimum absolute atomic E-state index is 0.0572. The number of nitrogens with one attached hydrogen (secondary N) is 1. The van der Waals surface area contributed by atoms with E-state index in [9.17, 15) is 27.9 Å². The summed E-state index contributed by atoms with van der Waals surface area (Å²) in [4.78, 5) is 30.4. The van der Waals surface area contributed by atoms with Crippen LogP contribution in [0.1, 0.15) is 95.3 Å². The SMILES string of the molecule is C[C@@H]1CCCCO[C@H](CN(C)CC2CCCCC2)[C@H](C)CN([C@H](C)CO)C(=O)c2cc(NC(=O)CCC(F)(F)F)ccc2O1. The third kappa shape index (κ3) is 11.9. The van der Waals surface area contributed by atoms with Crippen molar-refractivity contribution < 1.29 is 37.3 Å². The van der Waals surface area contributed by atoms with E-state index in [2.05, 4.69) is 24.2 Å². The molecule has 2 amide bonds. The number of fused-ring (bicyclic) bond motifs is 1. The maximum absolute atomic E-state index is 14.2. The van der Waals surface area contributed by atoms with Crippen LogP contribution in [0.2, 0.25) is 0 Å². The maximum atomic E-state index is 14.2. The third-order valence-electron chi connectivity index (χ3n) is 8.76. The van der Waals surface area contributed by atoms with Crippen molar-refractivity contribution >= 4 is 17.5 Å². The Kier molecular flexibility index (Phi) is 14.2. The summed E-state index contributed by atoms with van der Waals surface area (Å²) in [5.41, 5.74) is 0.388. The number of aliphatic hydroxyl groups excluding tert-OH is 1. The molecule has 1 aliphatic carbocycles. The van der Waals surface area contributed by atoms with Gasteiger partial charge in [0.05, 0.1) is 36.8 Å². The zero-order valence-corrected chi connectivity index (χ0v) is 26.8. The molecular formula is C33H52F3N3O5. The van der Waals surface area contributed by atoms with E-state index < -0.39 is 36.9 Å². The van der Waals surface area contributed by atoms with E-state index in [0.717, 1.165) is 32.4 Å². The monoisotopic (exact) mass is 627 g/mol. The number of hydrogen-bond donors (Lipinski definition) is 2. The predicted octanol–water partition coefficient (Wildman–Crippen LogP) is 6.28. The quantitative estimate of drug-likeness (QED) is 0.335. The number of rotatable bonds is 9. The summed E-state index contributed by atoms with van der Waals surface area (Å²) in [5.74, 6) is -0.222. The van der Waals surface area contributed by atoms with Crippen LogP contribution in [0, 0.1) is 11.8 Å². The lowest BCUT2D eigenvalue weighted by atomic mass is 9.89. The van der Waals surface area contributed by atoms with Crippen molar-refractivity contribution in [3.05, 3.63) is 23.8 Å². The van der Waals surface area contributed by atoms with E-state index in [1.807, 2.05) is 6.92 Å². The summed E-state index contributed by atoms with van der Waals surface area (Å²) in [6.45, 7) is 8.17. The molecule has 8 nitrogen and oxygen atoms in total. The average Bonchev–Trinajstić information content (AvgIpc) is 2.97. The van der Waals surface area contributed by atoms with Crippen molar-refractivity contribution in [1.29, 1.82) is 0 Å². The van der Waals surface area contributed by atoms with Crippen molar-refractivity contribution in [3.63, 3.8) is 0 Å². The highest BCUT2D eigenvalue weighted by Gasteiger charge is 2.31. The summed E-state index contributed by atoms with van der Waals surface area (Å²) in [6, 6.07) is 4.04. The fourth-order valence-corrected chi connectivity index (χ4v) is 6.13. The van der Waals surface area contributed by atoms with E-state index in [1.165, 1.54) is 44.2 Å². The van der Waals surface area contributed by atoms with Crippen LogP contribution in [-0.4, -0.2) is 91.0 Å². The number of alkyl halides is 3. The van der Waals surface area contributed by atoms with E-state index in [1.54, 1.807) is 17.9 Å². The van der Waals surface area contributed by atoms with Crippen LogP contribution in [0.15, 0.2) is 18.2 Å². The summed E-state index contributed by atoms with van der Waals surface area (Å²) in [6.07, 6.45) is 2.15. The zero-order chi connectivity index (χ0) is 32.3. The van der Waals surface area contributed by atoms with Gasteiger partial charge in [0.2, 0.25) is 5.91 Å². The van der Waals surface area contributed by atoms with Gasteiger partial charge in [-0.1, -0.05) is 26.2 Å². The van der Waals surface area contributed by atoms with Gasteiger partial charge in [-0.25, -0.2) is 0 Å². The number of aliphatic hydroxyl groups is 1. The number of carbonyl (C=O) groups excluding carboxylic acids is 2. The Balaban J connectivity index is 1.86. The number of hydrogen-bond acceptors (Lipinski definition) is 6. The van der Waals surface area contributed by atoms with Crippen LogP contribution >= 0.6 is 0 Å². The van der Waals surface area contributed by atoms with Crippen LogP contribution in [0.3, 0.4) is 0 Å². The Bertz CT molecular complexity index is 1050. The summed E-state index contributed by atoms with van der Waals surface area (Å²) < 4.78 is 50.6. The third-order valence-corrected chi connectivity index (χ3v) is 8.76. The molecule has 1 fully saturated rings. The molecule has 1 heterocycles. The smallest absolute Gasteiger partial charge is 0.389 e. The van der Waals surface area contributed by atoms with Gasteiger partial charge in [0.25, 0.3) is 5.91 Å². The molecule has 1 aromatic rings. The molecule has 2 aliphatic rings. The summed E-state index contributed by atoms with van der Waals surface area (Å²) in [5, 5.41) is 12.6. The van der Waals surface area contributed by atoms with Crippen molar-refractivity contribution in [2.75, 3.05) is 45.2 Å². The molecule has 0 unspecified atom stereocenters. The number of nitrogens with zero attached hydrogens (tertiary/aromatic N) is 2. The standard InChI is InChI=1S/C33H52F3N3O5/c1-23-19-39(24(2)22-40)32(42)28-18-27(37-31(41)15-16-33(34,35)36)13-14-29(28)44-25(3)10-8-9-17-43-30(23)21-38(4)20-26-11-6-5-7-12-26/h13-14,18,23-26,30,40H,5-12,15-17,19-22H2,1-4H3,(H,37,41)/t23-,24-,25-,30-/m1/s1. The lowest BCUT2D eigenvalue weighted by Gasteiger charge is -2.36. The van der Waals surface area contributed by atoms with Gasteiger partial charge in [0.1, 0.15) is 5.75 Å². The highest BCUT2D eigenvalue weighted by atomic mass is 19.4. The average molecular weight is 628 g/mol. The normalized spacial score (nSPS) is 23.9. The molecule has 1 aromatic carbocycles. The lowest BCUT2D eigenvalue weighted by molar-refractivity contribution is -0.142. The van der Waals surface area contributed by atoms with Gasteiger partial charge in [-0.05, 0) is 77.1 Å². The summed E-state index contributed by atoms with van der Waals surface area (Å²) in [7, 11) is 2.13.